The van der Waals surface area contributed by atoms with Crippen LogP contribution in [0.15, 0.2) is 36.9 Å². The molecule has 0 saturated heterocycles. The molecule has 0 aromatic heterocycles. The highest BCUT2D eigenvalue weighted by Crippen LogP contribution is 2.21. The zero-order valence-corrected chi connectivity index (χ0v) is 12.7. The second-order valence-electron chi connectivity index (χ2n) is 5.07. The fourth-order valence-electron chi connectivity index (χ4n) is 1.75. The molecule has 0 aliphatic carbocycles. The van der Waals surface area contributed by atoms with Crippen LogP contribution in [0.3, 0.4) is 0 Å². The van der Waals surface area contributed by atoms with E-state index in [0.717, 1.165) is 18.2 Å². The Morgan fingerprint density at radius 1 is 1.33 bits per heavy atom. The summed E-state index contributed by atoms with van der Waals surface area (Å²) < 4.78 is 10.5. The van der Waals surface area contributed by atoms with E-state index in [4.69, 9.17) is 9.47 Å². The third-order valence-corrected chi connectivity index (χ3v) is 3.43. The predicted molar refractivity (Wildman–Crippen MR) is 82.4 cm³/mol. The Morgan fingerprint density at radius 2 is 2.00 bits per heavy atom. The van der Waals surface area contributed by atoms with Crippen LogP contribution in [0, 0.1) is 5.92 Å². The lowest BCUT2D eigenvalue weighted by atomic mass is 9.99. The molecule has 2 atom stereocenters. The van der Waals surface area contributed by atoms with Crippen molar-refractivity contribution in [2.45, 2.75) is 26.2 Å². The van der Waals surface area contributed by atoms with E-state index in [-0.39, 0.29) is 19.1 Å². The van der Waals surface area contributed by atoms with Crippen LogP contribution in [-0.2, 0) is 9.53 Å². The van der Waals surface area contributed by atoms with Gasteiger partial charge in [-0.15, -0.1) is 0 Å². The van der Waals surface area contributed by atoms with E-state index in [1.165, 1.54) is 5.56 Å². The third kappa shape index (κ3) is 6.00. The van der Waals surface area contributed by atoms with E-state index in [9.17, 15) is 9.90 Å². The Labute approximate surface area is 126 Å². The van der Waals surface area contributed by atoms with Gasteiger partial charge in [0, 0.05) is 6.08 Å². The standard InChI is InChI=1S/C17H24O4/c1-4-13(3)15-6-8-16(9-7-15)20-11-14(10-18)12-21-17(19)5-2/h5-9,13-14,18H,2,4,10-12H2,1,3H3. The summed E-state index contributed by atoms with van der Waals surface area (Å²) in [4.78, 5) is 11.0. The number of benzene rings is 1. The topological polar surface area (TPSA) is 55.8 Å². The average Bonchev–Trinajstić information content (AvgIpc) is 2.54. The van der Waals surface area contributed by atoms with Crippen LogP contribution < -0.4 is 4.74 Å². The zero-order valence-electron chi connectivity index (χ0n) is 12.7. The van der Waals surface area contributed by atoms with Gasteiger partial charge in [0.25, 0.3) is 0 Å². The van der Waals surface area contributed by atoms with Gasteiger partial charge in [-0.3, -0.25) is 0 Å². The molecule has 0 saturated carbocycles. The molecule has 21 heavy (non-hydrogen) atoms. The van der Waals surface area contributed by atoms with Crippen LogP contribution in [0.5, 0.6) is 5.75 Å². The molecule has 0 bridgehead atoms. The monoisotopic (exact) mass is 292 g/mol. The summed E-state index contributed by atoms with van der Waals surface area (Å²) in [6.45, 7) is 7.97. The van der Waals surface area contributed by atoms with E-state index in [1.807, 2.05) is 12.1 Å². The van der Waals surface area contributed by atoms with Crippen LogP contribution >= 0.6 is 0 Å². The van der Waals surface area contributed by atoms with Gasteiger partial charge in [0.05, 0.1) is 25.7 Å². The lowest BCUT2D eigenvalue weighted by Crippen LogP contribution is -2.23. The molecule has 1 N–H and O–H groups in total. The van der Waals surface area contributed by atoms with Crippen molar-refractivity contribution in [1.29, 1.82) is 0 Å². The van der Waals surface area contributed by atoms with Crippen molar-refractivity contribution in [2.75, 3.05) is 19.8 Å². The zero-order chi connectivity index (χ0) is 15.7. The van der Waals surface area contributed by atoms with Crippen molar-refractivity contribution < 1.29 is 19.4 Å². The normalized spacial score (nSPS) is 13.3. The number of aliphatic hydroxyl groups excluding tert-OH is 1. The Morgan fingerprint density at radius 3 is 2.52 bits per heavy atom. The number of hydrogen-bond donors (Lipinski definition) is 1. The Kier molecular flexibility index (Phi) is 7.54. The number of rotatable bonds is 9. The second-order valence-corrected chi connectivity index (χ2v) is 5.07. The SMILES string of the molecule is C=CC(=O)OCC(CO)COc1ccc(C(C)CC)cc1. The highest BCUT2D eigenvalue weighted by molar-refractivity contribution is 5.81. The molecule has 0 heterocycles. The van der Waals surface area contributed by atoms with Crippen molar-refractivity contribution in [3.63, 3.8) is 0 Å². The summed E-state index contributed by atoms with van der Waals surface area (Å²) in [6.07, 6.45) is 2.20. The van der Waals surface area contributed by atoms with Gasteiger partial charge in [-0.25, -0.2) is 4.79 Å². The number of esters is 1. The minimum Gasteiger partial charge on any atom is -0.493 e. The van der Waals surface area contributed by atoms with E-state index in [2.05, 4.69) is 32.6 Å². The van der Waals surface area contributed by atoms with E-state index >= 15 is 0 Å². The first-order chi connectivity index (χ1) is 10.1. The van der Waals surface area contributed by atoms with Gasteiger partial charge in [0.2, 0.25) is 0 Å². The van der Waals surface area contributed by atoms with Crippen LogP contribution in [0.4, 0.5) is 0 Å². The fraction of sp³-hybridized carbons (Fsp3) is 0.471. The predicted octanol–water partition coefficient (Wildman–Crippen LogP) is 2.92. The first-order valence-corrected chi connectivity index (χ1v) is 7.23. The third-order valence-electron chi connectivity index (χ3n) is 3.43. The lowest BCUT2D eigenvalue weighted by Gasteiger charge is -2.16. The number of hydrogen-bond acceptors (Lipinski definition) is 4. The fourth-order valence-corrected chi connectivity index (χ4v) is 1.75. The quantitative estimate of drug-likeness (QED) is 0.561. The smallest absolute Gasteiger partial charge is 0.330 e. The molecule has 2 unspecified atom stereocenters. The molecule has 1 aromatic rings. The first kappa shape index (κ1) is 17.2. The van der Waals surface area contributed by atoms with Crippen LogP contribution in [0.2, 0.25) is 0 Å². The minimum absolute atomic E-state index is 0.102. The maximum atomic E-state index is 11.0. The van der Waals surface area contributed by atoms with Crippen molar-refractivity contribution in [2.24, 2.45) is 5.92 Å². The molecule has 4 nitrogen and oxygen atoms in total. The van der Waals surface area contributed by atoms with Crippen molar-refractivity contribution in [1.82, 2.24) is 0 Å². The number of carbonyl (C=O) groups is 1. The minimum atomic E-state index is -0.494. The van der Waals surface area contributed by atoms with Crippen molar-refractivity contribution in [3.8, 4) is 5.75 Å². The molecule has 0 aliphatic heterocycles. The highest BCUT2D eigenvalue weighted by atomic mass is 16.5. The molecule has 0 spiro atoms. The number of aliphatic hydroxyl groups is 1. The molecule has 0 amide bonds. The van der Waals surface area contributed by atoms with Gasteiger partial charge in [-0.2, -0.15) is 0 Å². The van der Waals surface area contributed by atoms with Crippen LogP contribution in [0.25, 0.3) is 0 Å². The Hall–Kier alpha value is -1.81. The maximum absolute atomic E-state index is 11.0. The molecule has 0 radical (unpaired) electrons. The Balaban J connectivity index is 2.45. The molecule has 116 valence electrons. The highest BCUT2D eigenvalue weighted by Gasteiger charge is 2.11. The van der Waals surface area contributed by atoms with Crippen LogP contribution in [0.1, 0.15) is 31.7 Å². The molecular weight excluding hydrogens is 268 g/mol. The second kappa shape index (κ2) is 9.19. The molecular formula is C17H24O4. The summed E-state index contributed by atoms with van der Waals surface area (Å²) in [6, 6.07) is 7.95. The van der Waals surface area contributed by atoms with Crippen LogP contribution in [-0.4, -0.2) is 30.9 Å². The van der Waals surface area contributed by atoms with Gasteiger partial charge in [0.1, 0.15) is 5.75 Å². The Bertz CT molecular complexity index is 439. The van der Waals surface area contributed by atoms with Gasteiger partial charge >= 0.3 is 5.97 Å². The maximum Gasteiger partial charge on any atom is 0.330 e. The van der Waals surface area contributed by atoms with Gasteiger partial charge < -0.3 is 14.6 Å². The molecule has 0 aliphatic rings. The van der Waals surface area contributed by atoms with Crippen molar-refractivity contribution >= 4 is 5.97 Å². The summed E-state index contributed by atoms with van der Waals surface area (Å²) in [7, 11) is 0. The first-order valence-electron chi connectivity index (χ1n) is 7.23. The molecule has 4 heteroatoms. The number of carbonyl (C=O) groups excluding carboxylic acids is 1. The summed E-state index contributed by atoms with van der Waals surface area (Å²) in [5.41, 5.74) is 1.28. The molecule has 1 rings (SSSR count). The average molecular weight is 292 g/mol. The van der Waals surface area contributed by atoms with Gasteiger partial charge in [-0.05, 0) is 30.0 Å². The summed E-state index contributed by atoms with van der Waals surface area (Å²) in [5.74, 6) is 0.535. The summed E-state index contributed by atoms with van der Waals surface area (Å²) >= 11 is 0. The largest absolute Gasteiger partial charge is 0.493 e. The van der Waals surface area contributed by atoms with Crippen molar-refractivity contribution in [3.05, 3.63) is 42.5 Å². The van der Waals surface area contributed by atoms with E-state index in [0.29, 0.717) is 12.5 Å². The summed E-state index contributed by atoms with van der Waals surface area (Å²) in [5, 5.41) is 9.24. The lowest BCUT2D eigenvalue weighted by molar-refractivity contribution is -0.139. The van der Waals surface area contributed by atoms with E-state index in [1.54, 1.807) is 0 Å². The van der Waals surface area contributed by atoms with Gasteiger partial charge in [0.15, 0.2) is 0 Å². The van der Waals surface area contributed by atoms with E-state index < -0.39 is 5.97 Å². The van der Waals surface area contributed by atoms with Gasteiger partial charge in [-0.1, -0.05) is 32.6 Å². The molecule has 0 fully saturated rings. The molecule has 1 aromatic carbocycles. The number of ether oxygens (including phenoxy) is 2.